The first-order chi connectivity index (χ1) is 4.84. The van der Waals surface area contributed by atoms with Gasteiger partial charge < -0.3 is 0 Å². The molecule has 0 bridgehead atoms. The molecule has 0 aliphatic carbocycles. The highest BCUT2D eigenvalue weighted by Gasteiger charge is 2.35. The molecular weight excluding hydrogens is 192 g/mol. The zero-order valence-electron chi connectivity index (χ0n) is 5.60. The smallest absolute Gasteiger partial charge is 0.215 e. The average molecular weight is 200 g/mol. The van der Waals surface area contributed by atoms with Crippen molar-refractivity contribution in [3.63, 3.8) is 0 Å². The Kier molecular flexibility index (Phi) is 1.95. The minimum atomic E-state index is -4.06. The number of nitrogens with two attached hydrogens (primary N) is 1. The van der Waals surface area contributed by atoms with Gasteiger partial charge in [-0.1, -0.05) is 3.71 Å². The maximum atomic E-state index is 10.9. The normalized spacial score (nSPS) is 25.5. The Morgan fingerprint density at radius 2 is 1.91 bits per heavy atom. The predicted octanol–water partition coefficient (Wildman–Crippen LogP) is -1.77. The topological polar surface area (TPSA) is 97.5 Å². The second kappa shape index (κ2) is 2.41. The molecule has 1 aliphatic heterocycles. The molecule has 0 aromatic heterocycles. The van der Waals surface area contributed by atoms with Gasteiger partial charge in [-0.2, -0.15) is 8.42 Å². The first-order valence-electron chi connectivity index (χ1n) is 2.87. The van der Waals surface area contributed by atoms with Gasteiger partial charge in [0.25, 0.3) is 10.2 Å². The van der Waals surface area contributed by atoms with Gasteiger partial charge in [0.2, 0.25) is 10.0 Å². The average Bonchev–Trinajstić information content (AvgIpc) is 2.06. The van der Waals surface area contributed by atoms with E-state index < -0.39 is 20.2 Å². The van der Waals surface area contributed by atoms with E-state index in [2.05, 4.69) is 5.14 Å². The van der Waals surface area contributed by atoms with E-state index >= 15 is 0 Å². The Labute approximate surface area is 65.2 Å². The molecule has 0 saturated carbocycles. The van der Waals surface area contributed by atoms with Crippen LogP contribution in [0, 0.1) is 0 Å². The fourth-order valence-corrected chi connectivity index (χ4v) is 3.88. The highest BCUT2D eigenvalue weighted by atomic mass is 32.3. The van der Waals surface area contributed by atoms with Crippen LogP contribution in [0.5, 0.6) is 0 Å². The van der Waals surface area contributed by atoms with Gasteiger partial charge in [-0.15, -0.1) is 0 Å². The molecule has 0 atom stereocenters. The molecule has 0 aromatic carbocycles. The third-order valence-electron chi connectivity index (χ3n) is 1.34. The van der Waals surface area contributed by atoms with E-state index in [0.717, 1.165) is 0 Å². The zero-order chi connectivity index (χ0) is 8.70. The summed E-state index contributed by atoms with van der Waals surface area (Å²) in [5.41, 5.74) is 0. The molecule has 1 rings (SSSR count). The number of sulfonamides is 1. The van der Waals surface area contributed by atoms with Crippen LogP contribution in [0.25, 0.3) is 0 Å². The van der Waals surface area contributed by atoms with E-state index in [1.54, 1.807) is 0 Å². The number of hydrogen-bond acceptors (Lipinski definition) is 4. The summed E-state index contributed by atoms with van der Waals surface area (Å²) in [5, 5.41) is 4.64. The van der Waals surface area contributed by atoms with Crippen LogP contribution in [0.1, 0.15) is 6.42 Å². The van der Waals surface area contributed by atoms with Gasteiger partial charge in [-0.25, -0.2) is 13.6 Å². The monoisotopic (exact) mass is 200 g/mol. The lowest BCUT2D eigenvalue weighted by Crippen LogP contribution is -2.37. The van der Waals surface area contributed by atoms with Gasteiger partial charge in [-0.05, 0) is 6.42 Å². The molecule has 1 heterocycles. The quantitative estimate of drug-likeness (QED) is 0.541. The van der Waals surface area contributed by atoms with Gasteiger partial charge in [0, 0.05) is 6.54 Å². The summed E-state index contributed by atoms with van der Waals surface area (Å²) in [4.78, 5) is 0. The van der Waals surface area contributed by atoms with E-state index in [-0.39, 0.29) is 12.3 Å². The Morgan fingerprint density at radius 3 is 2.09 bits per heavy atom. The molecule has 6 nitrogen and oxygen atoms in total. The Balaban J connectivity index is 3.11. The van der Waals surface area contributed by atoms with Gasteiger partial charge in [0.1, 0.15) is 0 Å². The van der Waals surface area contributed by atoms with Crippen LogP contribution in [0.3, 0.4) is 0 Å². The minimum absolute atomic E-state index is 0.0266. The number of hydrogen-bond donors (Lipinski definition) is 1. The predicted molar refractivity (Wildman–Crippen MR) is 38.2 cm³/mol. The molecule has 0 aromatic rings. The van der Waals surface area contributed by atoms with Gasteiger partial charge >= 0.3 is 0 Å². The Bertz CT molecular complexity index is 342. The summed E-state index contributed by atoms with van der Waals surface area (Å²) in [6.45, 7) is -0.0266. The van der Waals surface area contributed by atoms with Crippen LogP contribution in [0.15, 0.2) is 0 Å². The van der Waals surface area contributed by atoms with Crippen LogP contribution >= 0.6 is 0 Å². The molecule has 66 valence electrons. The van der Waals surface area contributed by atoms with Crippen molar-refractivity contribution in [2.24, 2.45) is 5.14 Å². The van der Waals surface area contributed by atoms with Crippen molar-refractivity contribution in [2.75, 3.05) is 12.3 Å². The van der Waals surface area contributed by atoms with Crippen molar-refractivity contribution in [1.82, 2.24) is 3.71 Å². The molecule has 0 amide bonds. The molecule has 8 heteroatoms. The van der Waals surface area contributed by atoms with Crippen molar-refractivity contribution in [2.45, 2.75) is 6.42 Å². The summed E-state index contributed by atoms with van der Waals surface area (Å²) in [6.07, 6.45) is 0.318. The molecule has 0 radical (unpaired) electrons. The van der Waals surface area contributed by atoms with Crippen molar-refractivity contribution in [3.8, 4) is 0 Å². The maximum Gasteiger partial charge on any atom is 0.290 e. The molecule has 0 unspecified atom stereocenters. The van der Waals surface area contributed by atoms with E-state index in [9.17, 15) is 16.8 Å². The van der Waals surface area contributed by atoms with Gasteiger partial charge in [-0.3, -0.25) is 0 Å². The van der Waals surface area contributed by atoms with Crippen molar-refractivity contribution in [1.29, 1.82) is 0 Å². The number of rotatable bonds is 1. The molecule has 0 spiro atoms. The van der Waals surface area contributed by atoms with E-state index in [1.165, 1.54) is 0 Å². The van der Waals surface area contributed by atoms with Crippen LogP contribution < -0.4 is 5.14 Å². The third kappa shape index (κ3) is 1.70. The molecule has 2 N–H and O–H groups in total. The van der Waals surface area contributed by atoms with E-state index in [4.69, 9.17) is 0 Å². The van der Waals surface area contributed by atoms with Crippen LogP contribution in [0.2, 0.25) is 0 Å². The summed E-state index contributed by atoms with van der Waals surface area (Å²) in [7, 11) is -7.69. The van der Waals surface area contributed by atoms with Gasteiger partial charge in [0.15, 0.2) is 0 Å². The zero-order valence-corrected chi connectivity index (χ0v) is 7.23. The van der Waals surface area contributed by atoms with Crippen LogP contribution in [-0.4, -0.2) is 32.8 Å². The lowest BCUT2D eigenvalue weighted by molar-refractivity contribution is 0.520. The van der Waals surface area contributed by atoms with Gasteiger partial charge in [0.05, 0.1) is 5.75 Å². The Hall–Kier alpha value is -0.180. The summed E-state index contributed by atoms with van der Waals surface area (Å²) >= 11 is 0. The minimum Gasteiger partial charge on any atom is -0.215 e. The Morgan fingerprint density at radius 1 is 1.36 bits per heavy atom. The first-order valence-corrected chi connectivity index (χ1v) is 5.98. The lowest BCUT2D eigenvalue weighted by Gasteiger charge is -2.09. The van der Waals surface area contributed by atoms with Crippen LogP contribution in [-0.2, 0) is 20.2 Å². The SMILES string of the molecule is NS(=O)(=O)N1CCCS1(=O)=O. The second-order valence-corrected chi connectivity index (χ2v) is 5.93. The summed E-state index contributed by atoms with van der Waals surface area (Å²) < 4.78 is 43.2. The van der Waals surface area contributed by atoms with Crippen molar-refractivity contribution in [3.05, 3.63) is 0 Å². The van der Waals surface area contributed by atoms with Crippen molar-refractivity contribution >= 4 is 20.2 Å². The largest absolute Gasteiger partial charge is 0.290 e. The standard InChI is InChI=1S/C3H8N2O4S2/c4-11(8,9)5-2-1-3-10(5,6)7/h1-3H2,(H2,4,8,9). The van der Waals surface area contributed by atoms with Crippen molar-refractivity contribution < 1.29 is 16.8 Å². The fourth-order valence-electron chi connectivity index (χ4n) is 0.902. The molecule has 1 fully saturated rings. The second-order valence-electron chi connectivity index (χ2n) is 2.21. The van der Waals surface area contributed by atoms with E-state index in [0.29, 0.717) is 10.1 Å². The summed E-state index contributed by atoms with van der Waals surface area (Å²) in [6, 6.07) is 0. The fraction of sp³-hybridized carbons (Fsp3) is 1.00. The van der Waals surface area contributed by atoms with E-state index in [1.807, 2.05) is 0 Å². The lowest BCUT2D eigenvalue weighted by atomic mass is 10.5. The summed E-state index contributed by atoms with van der Waals surface area (Å²) in [5.74, 6) is -0.135. The molecule has 11 heavy (non-hydrogen) atoms. The maximum absolute atomic E-state index is 10.9. The molecular formula is C3H8N2O4S2. The highest BCUT2D eigenvalue weighted by molar-refractivity contribution is 8.03. The molecule has 1 aliphatic rings. The number of nitrogens with zero attached hydrogens (tertiary/aromatic N) is 1. The van der Waals surface area contributed by atoms with Crippen LogP contribution in [0.4, 0.5) is 0 Å². The molecule has 1 saturated heterocycles. The first kappa shape index (κ1) is 8.91. The highest BCUT2D eigenvalue weighted by Crippen LogP contribution is 2.14. The third-order valence-corrected chi connectivity index (χ3v) is 5.00.